The highest BCUT2D eigenvalue weighted by atomic mass is 79.9. The summed E-state index contributed by atoms with van der Waals surface area (Å²) in [6.45, 7) is 0.919. The van der Waals surface area contributed by atoms with Crippen LogP contribution in [0.3, 0.4) is 0 Å². The highest BCUT2D eigenvalue weighted by molar-refractivity contribution is 9.10. The monoisotopic (exact) mass is 356 g/mol. The zero-order chi connectivity index (χ0) is 13.6. The Kier molecular flexibility index (Phi) is 6.72. The number of sulfonamides is 1. The number of hydrogen-bond acceptors (Lipinski definition) is 5. The lowest BCUT2D eigenvalue weighted by molar-refractivity contribution is 0.470. The minimum atomic E-state index is -3.50. The molecule has 0 spiro atoms. The summed E-state index contributed by atoms with van der Waals surface area (Å²) in [6.07, 6.45) is 2.80. The second kappa shape index (κ2) is 7.54. The van der Waals surface area contributed by atoms with E-state index in [0.717, 1.165) is 12.2 Å². The average Bonchev–Trinajstić information content (AvgIpc) is 2.67. The number of nitrogens with one attached hydrogen (secondary N) is 2. The summed E-state index contributed by atoms with van der Waals surface area (Å²) in [5.74, 6) is 1.51. The van der Waals surface area contributed by atoms with Crippen LogP contribution in [0.15, 0.2) is 20.0 Å². The molecule has 0 aromatic carbocycles. The van der Waals surface area contributed by atoms with Crippen LogP contribution >= 0.6 is 27.7 Å². The molecule has 5 nitrogen and oxygen atoms in total. The lowest BCUT2D eigenvalue weighted by Gasteiger charge is -2.04. The van der Waals surface area contributed by atoms with Gasteiger partial charge in [0.2, 0.25) is 10.0 Å². The Labute approximate surface area is 120 Å². The van der Waals surface area contributed by atoms with E-state index in [2.05, 4.69) is 26.0 Å². The van der Waals surface area contributed by atoms with Crippen molar-refractivity contribution >= 4 is 37.7 Å². The Morgan fingerprint density at radius 2 is 2.22 bits per heavy atom. The molecule has 0 unspecified atom stereocenters. The van der Waals surface area contributed by atoms with Gasteiger partial charge in [-0.3, -0.25) is 0 Å². The molecule has 0 atom stereocenters. The fraction of sp³-hybridized carbons (Fsp3) is 0.600. The van der Waals surface area contributed by atoms with Crippen LogP contribution in [0, 0.1) is 0 Å². The maximum atomic E-state index is 12.0. The minimum Gasteiger partial charge on any atom is -0.452 e. The number of halogens is 1. The molecule has 0 aliphatic carbocycles. The van der Waals surface area contributed by atoms with Gasteiger partial charge in [0.15, 0.2) is 4.67 Å². The SMILES string of the molecule is CNCc1cc(S(=O)(=O)NCCCSC)c(Br)o1. The van der Waals surface area contributed by atoms with Crippen LogP contribution in [0.1, 0.15) is 12.2 Å². The average molecular weight is 357 g/mol. The van der Waals surface area contributed by atoms with Crippen molar-refractivity contribution < 1.29 is 12.8 Å². The van der Waals surface area contributed by atoms with Crippen molar-refractivity contribution in [2.45, 2.75) is 17.9 Å². The maximum Gasteiger partial charge on any atom is 0.244 e. The van der Waals surface area contributed by atoms with Gasteiger partial charge < -0.3 is 9.73 Å². The maximum absolute atomic E-state index is 12.0. The largest absolute Gasteiger partial charge is 0.452 e. The summed E-state index contributed by atoms with van der Waals surface area (Å²) in [4.78, 5) is 0.150. The number of thioether (sulfide) groups is 1. The molecule has 0 bridgehead atoms. The zero-order valence-electron chi connectivity index (χ0n) is 10.3. The van der Waals surface area contributed by atoms with E-state index < -0.39 is 10.0 Å². The molecule has 0 aliphatic rings. The van der Waals surface area contributed by atoms with Gasteiger partial charge in [-0.15, -0.1) is 0 Å². The standard InChI is InChI=1S/C10H17BrN2O3S2/c1-12-7-8-6-9(10(11)16-8)18(14,15)13-4-3-5-17-2/h6,12-13H,3-5,7H2,1-2H3. The van der Waals surface area contributed by atoms with E-state index in [9.17, 15) is 8.42 Å². The molecule has 1 rings (SSSR count). The van der Waals surface area contributed by atoms with Crippen LogP contribution in [0.4, 0.5) is 0 Å². The summed E-state index contributed by atoms with van der Waals surface area (Å²) in [5.41, 5.74) is 0. The van der Waals surface area contributed by atoms with E-state index in [0.29, 0.717) is 18.8 Å². The molecule has 1 aromatic rings. The highest BCUT2D eigenvalue weighted by Gasteiger charge is 2.21. The molecular weight excluding hydrogens is 340 g/mol. The van der Waals surface area contributed by atoms with Crippen molar-refractivity contribution in [2.75, 3.05) is 25.6 Å². The first-order chi connectivity index (χ1) is 8.51. The van der Waals surface area contributed by atoms with Crippen LogP contribution in [0.25, 0.3) is 0 Å². The summed E-state index contributed by atoms with van der Waals surface area (Å²) in [5, 5.41) is 2.90. The van der Waals surface area contributed by atoms with Gasteiger partial charge in [-0.25, -0.2) is 13.1 Å². The molecule has 0 aliphatic heterocycles. The third-order valence-electron chi connectivity index (χ3n) is 2.16. The summed E-state index contributed by atoms with van der Waals surface area (Å²) >= 11 is 4.82. The van der Waals surface area contributed by atoms with Gasteiger partial charge in [-0.2, -0.15) is 11.8 Å². The van der Waals surface area contributed by atoms with Crippen molar-refractivity contribution in [1.29, 1.82) is 0 Å². The third-order valence-corrected chi connectivity index (χ3v) is 5.18. The lowest BCUT2D eigenvalue weighted by atomic mass is 10.4. The second-order valence-corrected chi connectivity index (χ2v) is 7.07. The van der Waals surface area contributed by atoms with E-state index >= 15 is 0 Å². The Hall–Kier alpha value is -0.0200. The molecule has 8 heteroatoms. The molecule has 0 radical (unpaired) electrons. The Bertz CT molecular complexity index is 473. The summed E-state index contributed by atoms with van der Waals surface area (Å²) in [6, 6.07) is 1.53. The van der Waals surface area contributed by atoms with Crippen molar-refractivity contribution in [3.05, 3.63) is 16.5 Å². The first-order valence-electron chi connectivity index (χ1n) is 5.42. The fourth-order valence-corrected chi connectivity index (χ4v) is 3.85. The number of hydrogen-bond donors (Lipinski definition) is 2. The Morgan fingerprint density at radius 3 is 2.83 bits per heavy atom. The number of furan rings is 1. The molecule has 1 aromatic heterocycles. The quantitative estimate of drug-likeness (QED) is 0.694. The van der Waals surface area contributed by atoms with Crippen molar-refractivity contribution in [2.24, 2.45) is 0 Å². The van der Waals surface area contributed by atoms with E-state index in [4.69, 9.17) is 4.42 Å². The van der Waals surface area contributed by atoms with E-state index in [1.807, 2.05) is 6.26 Å². The molecular formula is C10H17BrN2O3S2. The lowest BCUT2D eigenvalue weighted by Crippen LogP contribution is -2.25. The summed E-state index contributed by atoms with van der Waals surface area (Å²) < 4.78 is 32.1. The van der Waals surface area contributed by atoms with Gasteiger partial charge >= 0.3 is 0 Å². The van der Waals surface area contributed by atoms with Gasteiger partial charge in [-0.1, -0.05) is 0 Å². The Balaban J connectivity index is 2.72. The molecule has 2 N–H and O–H groups in total. The minimum absolute atomic E-state index is 0.150. The molecule has 104 valence electrons. The molecule has 0 saturated carbocycles. The first-order valence-corrected chi connectivity index (χ1v) is 9.09. The Morgan fingerprint density at radius 1 is 1.50 bits per heavy atom. The summed E-state index contributed by atoms with van der Waals surface area (Å²) in [7, 11) is -1.73. The molecule has 1 heterocycles. The normalized spacial score (nSPS) is 11.9. The van der Waals surface area contributed by atoms with Gasteiger partial charge in [-0.05, 0) is 41.4 Å². The van der Waals surface area contributed by atoms with Crippen molar-refractivity contribution in [3.63, 3.8) is 0 Å². The smallest absolute Gasteiger partial charge is 0.244 e. The van der Waals surface area contributed by atoms with Gasteiger partial charge in [0.1, 0.15) is 10.7 Å². The number of rotatable bonds is 8. The first kappa shape index (κ1) is 16.0. The highest BCUT2D eigenvalue weighted by Crippen LogP contribution is 2.25. The van der Waals surface area contributed by atoms with Gasteiger partial charge in [0.25, 0.3) is 0 Å². The van der Waals surface area contributed by atoms with Crippen LogP contribution in [-0.2, 0) is 16.6 Å². The predicted octanol–water partition coefficient (Wildman–Crippen LogP) is 1.79. The van der Waals surface area contributed by atoms with Crippen molar-refractivity contribution in [3.8, 4) is 0 Å². The molecule has 0 saturated heterocycles. The van der Waals surface area contributed by atoms with E-state index in [-0.39, 0.29) is 9.56 Å². The topological polar surface area (TPSA) is 71.3 Å². The molecule has 18 heavy (non-hydrogen) atoms. The molecule has 0 fully saturated rings. The van der Waals surface area contributed by atoms with Crippen LogP contribution in [0.5, 0.6) is 0 Å². The second-order valence-electron chi connectivity index (χ2n) is 3.63. The predicted molar refractivity (Wildman–Crippen MR) is 77.4 cm³/mol. The van der Waals surface area contributed by atoms with Crippen LogP contribution < -0.4 is 10.0 Å². The zero-order valence-corrected chi connectivity index (χ0v) is 13.5. The van der Waals surface area contributed by atoms with Crippen molar-refractivity contribution in [1.82, 2.24) is 10.0 Å². The fourth-order valence-electron chi connectivity index (χ4n) is 1.34. The van der Waals surface area contributed by atoms with Gasteiger partial charge in [0.05, 0.1) is 6.54 Å². The van der Waals surface area contributed by atoms with E-state index in [1.54, 1.807) is 18.8 Å². The van der Waals surface area contributed by atoms with E-state index in [1.165, 1.54) is 6.07 Å². The molecule has 0 amide bonds. The third kappa shape index (κ3) is 4.58. The van der Waals surface area contributed by atoms with Crippen LogP contribution in [0.2, 0.25) is 0 Å². The van der Waals surface area contributed by atoms with Crippen LogP contribution in [-0.4, -0.2) is 34.0 Å². The van der Waals surface area contributed by atoms with Gasteiger partial charge in [0, 0.05) is 12.6 Å².